The second-order valence-corrected chi connectivity index (χ2v) is 19.5. The molecule has 5 N–H and O–H groups in total. The van der Waals surface area contributed by atoms with E-state index in [1.54, 1.807) is 0 Å². The van der Waals surface area contributed by atoms with Gasteiger partial charge in [0, 0.05) is 24.2 Å². The molecule has 16 heteroatoms. The number of likely N-dealkylation sites (tertiary alicyclic amines) is 2. The number of imidazole rings is 2. The monoisotopic (exact) mass is 904 g/mol. The van der Waals surface area contributed by atoms with Crippen molar-refractivity contribution in [3.8, 4) is 0 Å². The summed E-state index contributed by atoms with van der Waals surface area (Å²) in [5.41, 5.74) is 7.43. The average Bonchev–Trinajstić information content (AvgIpc) is 4.17. The van der Waals surface area contributed by atoms with Crippen LogP contribution in [0.15, 0.2) is 60.7 Å². The van der Waals surface area contributed by atoms with Crippen LogP contribution in [-0.2, 0) is 24.5 Å². The quantitative estimate of drug-likeness (QED) is 0.0775. The number of amides is 4. The van der Waals surface area contributed by atoms with Crippen molar-refractivity contribution >= 4 is 51.8 Å². The van der Waals surface area contributed by atoms with E-state index < -0.39 is 29.7 Å². The predicted molar refractivity (Wildman–Crippen MR) is 252 cm³/mol. The van der Waals surface area contributed by atoms with Crippen LogP contribution in [0.3, 0.4) is 0 Å². The van der Waals surface area contributed by atoms with Gasteiger partial charge in [0.2, 0.25) is 11.8 Å². The zero-order valence-corrected chi connectivity index (χ0v) is 39.4. The Balaban J connectivity index is 1.09. The molecule has 0 bridgehead atoms. The molecule has 3 saturated heterocycles. The Morgan fingerprint density at radius 1 is 0.682 bits per heavy atom. The number of aromatic nitrogens is 4. The van der Waals surface area contributed by atoms with E-state index in [9.17, 15) is 24.3 Å². The van der Waals surface area contributed by atoms with Crippen molar-refractivity contribution in [2.45, 2.75) is 122 Å². The molecule has 0 aliphatic carbocycles. The van der Waals surface area contributed by atoms with Crippen molar-refractivity contribution < 1.29 is 33.8 Å². The van der Waals surface area contributed by atoms with Gasteiger partial charge in [0.1, 0.15) is 23.7 Å². The number of aliphatic hydroxyl groups excluding tert-OH is 1. The Bertz CT molecular complexity index is 2420. The number of aromatic amines is 2. The van der Waals surface area contributed by atoms with Gasteiger partial charge in [-0.3, -0.25) is 9.59 Å². The number of fused-ring (bicyclic) bond motifs is 2. The van der Waals surface area contributed by atoms with Crippen molar-refractivity contribution in [3.05, 3.63) is 89.0 Å². The van der Waals surface area contributed by atoms with Gasteiger partial charge in [0.15, 0.2) is 0 Å². The third-order valence-corrected chi connectivity index (χ3v) is 14.0. The zero-order valence-electron chi connectivity index (χ0n) is 39.4. The highest BCUT2D eigenvalue weighted by Gasteiger charge is 2.41. The molecule has 3 aliphatic heterocycles. The van der Waals surface area contributed by atoms with Gasteiger partial charge >= 0.3 is 12.2 Å². The third-order valence-electron chi connectivity index (χ3n) is 14.0. The molecular formula is C50H65N9O7. The van der Waals surface area contributed by atoms with Crippen molar-refractivity contribution in [1.82, 2.24) is 40.4 Å². The molecule has 6 atom stereocenters. The smallest absolute Gasteiger partial charge is 0.407 e. The van der Waals surface area contributed by atoms with Crippen molar-refractivity contribution in [1.29, 1.82) is 0 Å². The van der Waals surface area contributed by atoms with E-state index in [4.69, 9.17) is 19.4 Å². The summed E-state index contributed by atoms with van der Waals surface area (Å²) in [6.45, 7) is 12.9. The molecule has 16 nitrogen and oxygen atoms in total. The van der Waals surface area contributed by atoms with Crippen LogP contribution in [0, 0.1) is 11.8 Å². The largest absolute Gasteiger partial charge is 0.453 e. The molecule has 3 aliphatic rings. The molecule has 66 heavy (non-hydrogen) atoms. The summed E-state index contributed by atoms with van der Waals surface area (Å²) in [4.78, 5) is 75.5. The summed E-state index contributed by atoms with van der Waals surface area (Å²) in [5.74, 6) is 0.897. The number of rotatable bonds is 13. The molecule has 2 aromatic heterocycles. The molecule has 3 aromatic carbocycles. The molecule has 0 spiro atoms. The van der Waals surface area contributed by atoms with Crippen LogP contribution < -0.4 is 15.5 Å². The van der Waals surface area contributed by atoms with Crippen LogP contribution in [0.4, 0.5) is 15.3 Å². The number of methoxy groups -OCH3 is 2. The molecular weight excluding hydrogens is 839 g/mol. The van der Waals surface area contributed by atoms with Crippen LogP contribution >= 0.6 is 0 Å². The van der Waals surface area contributed by atoms with Crippen molar-refractivity contribution in [2.24, 2.45) is 11.8 Å². The lowest BCUT2D eigenvalue weighted by atomic mass is 9.85. The Morgan fingerprint density at radius 3 is 1.52 bits per heavy atom. The average molecular weight is 904 g/mol. The number of carbonyl (C=O) groups excluding carboxylic acids is 4. The van der Waals surface area contributed by atoms with E-state index in [-0.39, 0.29) is 54.4 Å². The summed E-state index contributed by atoms with van der Waals surface area (Å²) >= 11 is 0. The first-order valence-corrected chi connectivity index (χ1v) is 23.4. The van der Waals surface area contributed by atoms with Crippen molar-refractivity contribution in [3.63, 3.8) is 0 Å². The molecule has 0 saturated carbocycles. The summed E-state index contributed by atoms with van der Waals surface area (Å²) in [6.07, 6.45) is 3.68. The van der Waals surface area contributed by atoms with Crippen LogP contribution in [0.25, 0.3) is 22.1 Å². The lowest BCUT2D eigenvalue weighted by molar-refractivity contribution is -0.136. The summed E-state index contributed by atoms with van der Waals surface area (Å²) < 4.78 is 9.66. The highest BCUT2D eigenvalue weighted by atomic mass is 16.5. The van der Waals surface area contributed by atoms with Gasteiger partial charge in [-0.2, -0.15) is 0 Å². The minimum Gasteiger partial charge on any atom is -0.453 e. The normalized spacial score (nSPS) is 21.0. The number of nitrogens with zero attached hydrogens (tertiary/aromatic N) is 5. The number of H-pyrrole nitrogens is 2. The number of ether oxygens (including phenoxy) is 2. The number of nitrogens with one attached hydrogen (secondary N) is 4. The summed E-state index contributed by atoms with van der Waals surface area (Å²) in [5, 5.41) is 15.6. The summed E-state index contributed by atoms with van der Waals surface area (Å²) in [6, 6.07) is 19.5. The van der Waals surface area contributed by atoms with Gasteiger partial charge in [-0.15, -0.1) is 0 Å². The molecule has 8 rings (SSSR count). The van der Waals surface area contributed by atoms with Crippen LogP contribution in [0.5, 0.6) is 0 Å². The highest BCUT2D eigenvalue weighted by Crippen LogP contribution is 2.48. The fraction of sp³-hybridized carbons (Fsp3) is 0.520. The maximum atomic E-state index is 13.9. The van der Waals surface area contributed by atoms with Crippen molar-refractivity contribution in [2.75, 3.05) is 38.8 Å². The third kappa shape index (κ3) is 9.03. The SMILES string of the molecule is COC(=O)N[C@H](C(=O)N1CCC[C@H]1c1nc2ccc(C3CC[C@H](c4ccc5nc([C@@H]6CCCN6C(=O)[C@@H](NC(=O)OC)C(C)C)[nH]c5c4)N3c3ccc(C(C)(C)CO)cc3)cc2[nH]1)C(C)C. The first kappa shape index (κ1) is 46.4. The van der Waals surface area contributed by atoms with Gasteiger partial charge in [-0.05, 0) is 103 Å². The van der Waals surface area contributed by atoms with E-state index in [0.29, 0.717) is 13.1 Å². The Kier molecular flexibility index (Phi) is 13.3. The molecule has 5 heterocycles. The topological polar surface area (TPSA) is 198 Å². The standard InChI is InChI=1S/C50H65N9O7/c1-28(2)42(55-48(63)65-7)46(61)57-23-9-11-40(57)44-51-34-19-13-30(25-36(34)53-44)38-21-22-39(59(38)33-17-15-32(16-18-33)50(5,6)27-60)31-14-20-35-37(26-31)54-45(52-35)41-12-10-24-58(41)47(62)43(29(3)4)56-49(64)66-8/h13-20,25-26,28-29,38-43,60H,9-12,21-24,27H2,1-8H3,(H,51,53)(H,52,54)(H,55,63)(H,56,64)/t38-,39?,40+,41+,42+,43+/m1/s1. The Morgan fingerprint density at radius 2 is 1.12 bits per heavy atom. The van der Waals surface area contributed by atoms with Gasteiger partial charge in [-0.1, -0.05) is 65.8 Å². The number of hydrogen-bond donors (Lipinski definition) is 5. The molecule has 3 fully saturated rings. The molecule has 4 amide bonds. The minimum absolute atomic E-state index is 0.0159. The van der Waals surface area contributed by atoms with Crippen LogP contribution in [0.1, 0.15) is 133 Å². The molecule has 352 valence electrons. The fourth-order valence-corrected chi connectivity index (χ4v) is 10.2. The Hall–Kier alpha value is -6.16. The molecule has 0 radical (unpaired) electrons. The Labute approximate surface area is 386 Å². The highest BCUT2D eigenvalue weighted by molar-refractivity contribution is 5.87. The number of aliphatic hydroxyl groups is 1. The first-order valence-electron chi connectivity index (χ1n) is 23.4. The van der Waals surface area contributed by atoms with Gasteiger partial charge < -0.3 is 49.9 Å². The van der Waals surface area contributed by atoms with E-state index >= 15 is 0 Å². The van der Waals surface area contributed by atoms with Crippen LogP contribution in [0.2, 0.25) is 0 Å². The van der Waals surface area contributed by atoms with E-state index in [1.807, 2.05) is 51.3 Å². The number of alkyl carbamates (subject to hydrolysis) is 2. The maximum absolute atomic E-state index is 13.9. The van der Waals surface area contributed by atoms with E-state index in [1.165, 1.54) is 14.2 Å². The van der Waals surface area contributed by atoms with Gasteiger partial charge in [0.25, 0.3) is 0 Å². The van der Waals surface area contributed by atoms with E-state index in [2.05, 4.69) is 86.2 Å². The second-order valence-electron chi connectivity index (χ2n) is 19.5. The minimum atomic E-state index is -0.718. The zero-order chi connectivity index (χ0) is 47.0. The fourth-order valence-electron chi connectivity index (χ4n) is 10.2. The summed E-state index contributed by atoms with van der Waals surface area (Å²) in [7, 11) is 2.59. The molecule has 1 unspecified atom stereocenters. The molecule has 5 aromatic rings. The predicted octanol–water partition coefficient (Wildman–Crippen LogP) is 7.88. The number of hydrogen-bond acceptors (Lipinski definition) is 10. The van der Waals surface area contributed by atoms with Crippen LogP contribution in [-0.4, -0.2) is 105 Å². The number of anilines is 1. The number of carbonyl (C=O) groups is 4. The maximum Gasteiger partial charge on any atom is 0.407 e. The van der Waals surface area contributed by atoms with Gasteiger partial charge in [-0.25, -0.2) is 19.6 Å². The first-order chi connectivity index (χ1) is 31.6. The second kappa shape index (κ2) is 19.0. The lowest BCUT2D eigenvalue weighted by Gasteiger charge is -2.34. The van der Waals surface area contributed by atoms with Gasteiger partial charge in [0.05, 0.1) is 67.1 Å². The lowest BCUT2D eigenvalue weighted by Crippen LogP contribution is -2.51. The van der Waals surface area contributed by atoms with E-state index in [0.717, 1.165) is 94.6 Å². The number of benzene rings is 3.